The third-order valence-electron chi connectivity index (χ3n) is 3.41. The van der Waals surface area contributed by atoms with Gasteiger partial charge in [0.2, 0.25) is 0 Å². The van der Waals surface area contributed by atoms with E-state index in [0.717, 1.165) is 5.56 Å². The number of benzene rings is 1. The smallest absolute Gasteiger partial charge is 0.318 e. The molecule has 0 N–H and O–H groups in total. The number of alkyl halides is 3. The van der Waals surface area contributed by atoms with Gasteiger partial charge >= 0.3 is 6.18 Å². The average molecular weight is 306 g/mol. The number of nitrogens with zero attached hydrogens (tertiary/aromatic N) is 2. The van der Waals surface area contributed by atoms with Gasteiger partial charge in [-0.15, -0.1) is 0 Å². The Morgan fingerprint density at radius 2 is 1.82 bits per heavy atom. The van der Waals surface area contributed by atoms with E-state index < -0.39 is 12.0 Å². The van der Waals surface area contributed by atoms with Gasteiger partial charge in [0.15, 0.2) is 0 Å². The van der Waals surface area contributed by atoms with E-state index in [4.69, 9.17) is 5.26 Å². The molecule has 114 valence electrons. The summed E-state index contributed by atoms with van der Waals surface area (Å²) in [6, 6.07) is 10.2. The lowest BCUT2D eigenvalue weighted by molar-refractivity contribution is -0.0885. The van der Waals surface area contributed by atoms with E-state index in [2.05, 4.69) is 0 Å². The van der Waals surface area contributed by atoms with Crippen LogP contribution >= 0.6 is 0 Å². The fraction of sp³-hybridized carbons (Fsp3) is 0.250. The van der Waals surface area contributed by atoms with Gasteiger partial charge in [-0.05, 0) is 37.6 Å². The number of halogens is 3. The Morgan fingerprint density at radius 1 is 1.23 bits per heavy atom. The van der Waals surface area contributed by atoms with Gasteiger partial charge in [0.05, 0.1) is 12.5 Å². The molecule has 0 radical (unpaired) electrons. The topological polar surface area (TPSA) is 45.8 Å². The minimum atomic E-state index is -4.89. The van der Waals surface area contributed by atoms with Crippen molar-refractivity contribution in [2.24, 2.45) is 0 Å². The van der Waals surface area contributed by atoms with Crippen molar-refractivity contribution in [1.29, 1.82) is 5.26 Å². The van der Waals surface area contributed by atoms with Crippen molar-refractivity contribution >= 4 is 5.78 Å². The zero-order valence-electron chi connectivity index (χ0n) is 12.0. The fourth-order valence-electron chi connectivity index (χ4n) is 2.40. The number of carbonyl (C=O) groups excluding carboxylic acids is 1. The Kier molecular flexibility index (Phi) is 4.09. The van der Waals surface area contributed by atoms with Crippen molar-refractivity contribution in [3.8, 4) is 11.8 Å². The van der Waals surface area contributed by atoms with Crippen LogP contribution in [0.25, 0.3) is 5.69 Å². The molecule has 0 saturated heterocycles. The molecule has 0 fully saturated rings. The van der Waals surface area contributed by atoms with Crippen LogP contribution in [0.3, 0.4) is 0 Å². The van der Waals surface area contributed by atoms with Crippen LogP contribution in [0.5, 0.6) is 0 Å². The van der Waals surface area contributed by atoms with Crippen LogP contribution in [-0.4, -0.2) is 16.5 Å². The summed E-state index contributed by atoms with van der Waals surface area (Å²) >= 11 is 0. The van der Waals surface area contributed by atoms with E-state index in [1.807, 2.05) is 6.07 Å². The lowest BCUT2D eigenvalue weighted by Crippen LogP contribution is -2.23. The summed E-state index contributed by atoms with van der Waals surface area (Å²) in [5, 5.41) is 8.64. The maximum Gasteiger partial charge on any atom is 0.454 e. The number of Topliss-reactive ketones (excluding diaryl/α,β-unsaturated/α-hetero) is 1. The number of nitriles is 1. The lowest BCUT2D eigenvalue weighted by Gasteiger charge is -2.11. The van der Waals surface area contributed by atoms with Crippen molar-refractivity contribution in [3.05, 3.63) is 52.8 Å². The van der Waals surface area contributed by atoms with Crippen molar-refractivity contribution in [3.63, 3.8) is 0 Å². The first kappa shape index (κ1) is 15.8. The summed E-state index contributed by atoms with van der Waals surface area (Å²) in [6.45, 7) is 3.12. The van der Waals surface area contributed by atoms with Crippen molar-refractivity contribution in [1.82, 2.24) is 4.57 Å². The fourth-order valence-corrected chi connectivity index (χ4v) is 2.40. The lowest BCUT2D eigenvalue weighted by atomic mass is 10.1. The quantitative estimate of drug-likeness (QED) is 0.807. The molecule has 1 aromatic heterocycles. The van der Waals surface area contributed by atoms with Crippen LogP contribution in [0, 0.1) is 25.2 Å². The van der Waals surface area contributed by atoms with Crippen molar-refractivity contribution in [2.75, 3.05) is 0 Å². The molecule has 0 spiro atoms. The largest absolute Gasteiger partial charge is 0.454 e. The van der Waals surface area contributed by atoms with Gasteiger partial charge in [0.25, 0.3) is 5.78 Å². The molecule has 0 aliphatic heterocycles. The molecular formula is C16H13F3N2O. The summed E-state index contributed by atoms with van der Waals surface area (Å²) in [4.78, 5) is 11.4. The predicted molar refractivity (Wildman–Crippen MR) is 74.9 cm³/mol. The number of hydrogen-bond donors (Lipinski definition) is 0. The van der Waals surface area contributed by atoms with Gasteiger partial charge in [-0.1, -0.05) is 12.1 Å². The second-order valence-corrected chi connectivity index (χ2v) is 4.95. The molecule has 2 aromatic rings. The van der Waals surface area contributed by atoms with E-state index in [1.54, 1.807) is 35.8 Å². The standard InChI is InChI=1S/C16H13F3N2O/c1-10-9-14(15(22)16(17,18)19)11(2)21(10)13-5-3-12(4-6-13)7-8-20/h3-6,9H,7H2,1-2H3. The minimum absolute atomic E-state index is 0.243. The summed E-state index contributed by atoms with van der Waals surface area (Å²) in [6.07, 6.45) is -4.62. The van der Waals surface area contributed by atoms with Gasteiger partial charge in [0, 0.05) is 22.6 Å². The normalized spacial score (nSPS) is 11.3. The van der Waals surface area contributed by atoms with Crippen LogP contribution in [0.15, 0.2) is 30.3 Å². The van der Waals surface area contributed by atoms with Crippen molar-refractivity contribution in [2.45, 2.75) is 26.4 Å². The first-order valence-electron chi connectivity index (χ1n) is 6.52. The third-order valence-corrected chi connectivity index (χ3v) is 3.41. The molecule has 0 unspecified atom stereocenters. The Balaban J connectivity index is 2.47. The molecule has 0 amide bonds. The molecule has 6 heteroatoms. The maximum absolute atomic E-state index is 12.6. The third kappa shape index (κ3) is 2.89. The Labute approximate surface area is 125 Å². The van der Waals surface area contributed by atoms with E-state index in [0.29, 0.717) is 11.4 Å². The van der Waals surface area contributed by atoms with Crippen LogP contribution in [-0.2, 0) is 6.42 Å². The highest BCUT2D eigenvalue weighted by Gasteiger charge is 2.41. The average Bonchev–Trinajstić information content (AvgIpc) is 2.73. The summed E-state index contributed by atoms with van der Waals surface area (Å²) in [7, 11) is 0. The molecule has 22 heavy (non-hydrogen) atoms. The molecule has 0 saturated carbocycles. The zero-order valence-corrected chi connectivity index (χ0v) is 12.0. The minimum Gasteiger partial charge on any atom is -0.318 e. The molecular weight excluding hydrogens is 293 g/mol. The van der Waals surface area contributed by atoms with E-state index >= 15 is 0 Å². The van der Waals surface area contributed by atoms with Gasteiger partial charge in [-0.25, -0.2) is 0 Å². The molecule has 0 aliphatic carbocycles. The number of hydrogen-bond acceptors (Lipinski definition) is 2. The second kappa shape index (κ2) is 5.68. The Hall–Kier alpha value is -2.55. The van der Waals surface area contributed by atoms with E-state index in [-0.39, 0.29) is 17.7 Å². The number of carbonyl (C=O) groups is 1. The van der Waals surface area contributed by atoms with Crippen molar-refractivity contribution < 1.29 is 18.0 Å². The second-order valence-electron chi connectivity index (χ2n) is 4.95. The monoisotopic (exact) mass is 306 g/mol. The Morgan fingerprint density at radius 3 is 2.32 bits per heavy atom. The molecule has 0 bridgehead atoms. The summed E-state index contributed by atoms with van der Waals surface area (Å²) < 4.78 is 39.4. The predicted octanol–water partition coefficient (Wildman–Crippen LogP) is 3.91. The molecule has 1 aromatic carbocycles. The molecule has 2 rings (SSSR count). The molecule has 0 atom stereocenters. The highest BCUT2D eigenvalue weighted by atomic mass is 19.4. The van der Waals surface area contributed by atoms with E-state index in [1.165, 1.54) is 13.0 Å². The number of aromatic nitrogens is 1. The highest BCUT2D eigenvalue weighted by molar-refractivity contribution is 6.01. The molecule has 1 heterocycles. The maximum atomic E-state index is 12.6. The van der Waals surface area contributed by atoms with Crippen LogP contribution in [0.4, 0.5) is 13.2 Å². The van der Waals surface area contributed by atoms with Crippen LogP contribution in [0.1, 0.15) is 27.3 Å². The number of aryl methyl sites for hydroxylation is 1. The summed E-state index contributed by atoms with van der Waals surface area (Å²) in [5.41, 5.74) is 1.91. The number of rotatable bonds is 3. The van der Waals surface area contributed by atoms with E-state index in [9.17, 15) is 18.0 Å². The van der Waals surface area contributed by atoms with Gasteiger partial charge in [-0.3, -0.25) is 4.79 Å². The van der Waals surface area contributed by atoms with Gasteiger partial charge in [0.1, 0.15) is 0 Å². The SMILES string of the molecule is Cc1cc(C(=O)C(F)(F)F)c(C)n1-c1ccc(CC#N)cc1. The number of ketones is 1. The first-order chi connectivity index (χ1) is 10.3. The van der Waals surface area contributed by atoms with Gasteiger partial charge in [-0.2, -0.15) is 18.4 Å². The zero-order chi connectivity index (χ0) is 16.5. The molecule has 0 aliphatic rings. The Bertz CT molecular complexity index is 749. The van der Waals surface area contributed by atoms with Crippen LogP contribution in [0.2, 0.25) is 0 Å². The van der Waals surface area contributed by atoms with Crippen LogP contribution < -0.4 is 0 Å². The first-order valence-corrected chi connectivity index (χ1v) is 6.52. The molecule has 3 nitrogen and oxygen atoms in total. The summed E-state index contributed by atoms with van der Waals surface area (Å²) in [5.74, 6) is -1.84. The van der Waals surface area contributed by atoms with Gasteiger partial charge < -0.3 is 4.57 Å². The highest BCUT2D eigenvalue weighted by Crippen LogP contribution is 2.27.